The topological polar surface area (TPSA) is 34.2 Å². The van der Waals surface area contributed by atoms with Crippen LogP contribution in [0.15, 0.2) is 48.8 Å². The number of ether oxygens (including phenoxy) is 1. The minimum atomic E-state index is 0.193. The third kappa shape index (κ3) is 2.93. The Morgan fingerprint density at radius 1 is 1.05 bits per heavy atom. The number of pyridine rings is 1. The molecule has 1 heterocycles. The van der Waals surface area contributed by atoms with Crippen LogP contribution in [-0.4, -0.2) is 18.1 Å². The third-order valence-electron chi connectivity index (χ3n) is 3.37. The summed E-state index contributed by atoms with van der Waals surface area (Å²) in [6.07, 6.45) is 6.48. The predicted molar refractivity (Wildman–Crippen MR) is 75.2 cm³/mol. The maximum atomic E-state index is 5.77. The summed E-state index contributed by atoms with van der Waals surface area (Å²) in [5, 5.41) is 3.34. The summed E-state index contributed by atoms with van der Waals surface area (Å²) in [7, 11) is 1.97. The molecule has 1 N–H and O–H groups in total. The summed E-state index contributed by atoms with van der Waals surface area (Å²) in [6.45, 7) is 0. The minimum absolute atomic E-state index is 0.193. The second-order valence-electron chi connectivity index (χ2n) is 4.89. The summed E-state index contributed by atoms with van der Waals surface area (Å²) >= 11 is 0. The normalized spacial score (nSPS) is 16.1. The van der Waals surface area contributed by atoms with E-state index in [2.05, 4.69) is 34.6 Å². The first-order valence-electron chi connectivity index (χ1n) is 6.70. The zero-order chi connectivity index (χ0) is 13.1. The van der Waals surface area contributed by atoms with Crippen LogP contribution in [0.4, 0.5) is 0 Å². The van der Waals surface area contributed by atoms with Gasteiger partial charge < -0.3 is 10.1 Å². The van der Waals surface area contributed by atoms with E-state index in [9.17, 15) is 0 Å². The number of aromatic nitrogens is 1. The number of benzene rings is 1. The van der Waals surface area contributed by atoms with Crippen molar-refractivity contribution in [2.45, 2.75) is 25.0 Å². The number of hydrogen-bond donors (Lipinski definition) is 1. The molecule has 1 aliphatic rings. The van der Waals surface area contributed by atoms with Crippen molar-refractivity contribution in [3.05, 3.63) is 59.9 Å². The molecule has 1 aliphatic carbocycles. The lowest BCUT2D eigenvalue weighted by Gasteiger charge is -2.17. The highest BCUT2D eigenvalue weighted by molar-refractivity contribution is 5.35. The number of nitrogens with one attached hydrogen (secondary N) is 1. The Kier molecular flexibility index (Phi) is 3.47. The standard InChI is InChI=1S/C16H18N2O/c1-17-16(13-8-10-18-11-9-13)12-2-4-14(5-3-12)19-15-6-7-15/h2-5,8-11,15-17H,6-7H2,1H3. The van der Waals surface area contributed by atoms with Gasteiger partial charge in [-0.2, -0.15) is 0 Å². The van der Waals surface area contributed by atoms with Crippen molar-refractivity contribution in [3.8, 4) is 5.75 Å². The van der Waals surface area contributed by atoms with Crippen LogP contribution in [0.1, 0.15) is 30.0 Å². The zero-order valence-electron chi connectivity index (χ0n) is 11.0. The van der Waals surface area contributed by atoms with Gasteiger partial charge in [0, 0.05) is 12.4 Å². The Morgan fingerprint density at radius 3 is 2.26 bits per heavy atom. The SMILES string of the molecule is CNC(c1ccncc1)c1ccc(OC2CC2)cc1. The molecule has 0 aliphatic heterocycles. The molecule has 3 heteroatoms. The maximum Gasteiger partial charge on any atom is 0.119 e. The Balaban J connectivity index is 1.79. The van der Waals surface area contributed by atoms with E-state index in [1.54, 1.807) is 0 Å². The van der Waals surface area contributed by atoms with E-state index in [1.807, 2.05) is 31.6 Å². The summed E-state index contributed by atoms with van der Waals surface area (Å²) in [5.41, 5.74) is 2.45. The molecule has 1 aromatic heterocycles. The molecule has 1 fully saturated rings. The van der Waals surface area contributed by atoms with Crippen LogP contribution in [0.2, 0.25) is 0 Å². The number of rotatable bonds is 5. The maximum absolute atomic E-state index is 5.77. The quantitative estimate of drug-likeness (QED) is 0.890. The highest BCUT2D eigenvalue weighted by atomic mass is 16.5. The molecule has 1 unspecified atom stereocenters. The van der Waals surface area contributed by atoms with Crippen molar-refractivity contribution in [1.29, 1.82) is 0 Å². The molecule has 1 atom stereocenters. The van der Waals surface area contributed by atoms with Gasteiger partial charge in [0.15, 0.2) is 0 Å². The largest absolute Gasteiger partial charge is 0.490 e. The van der Waals surface area contributed by atoms with Gasteiger partial charge in [0.25, 0.3) is 0 Å². The minimum Gasteiger partial charge on any atom is -0.490 e. The van der Waals surface area contributed by atoms with Crippen LogP contribution in [-0.2, 0) is 0 Å². The smallest absolute Gasteiger partial charge is 0.119 e. The van der Waals surface area contributed by atoms with E-state index in [1.165, 1.54) is 24.0 Å². The predicted octanol–water partition coefficient (Wildman–Crippen LogP) is 2.93. The van der Waals surface area contributed by atoms with E-state index in [-0.39, 0.29) is 6.04 Å². The summed E-state index contributed by atoms with van der Waals surface area (Å²) < 4.78 is 5.77. The van der Waals surface area contributed by atoms with Crippen LogP contribution < -0.4 is 10.1 Å². The second-order valence-corrected chi connectivity index (χ2v) is 4.89. The van der Waals surface area contributed by atoms with Crippen molar-refractivity contribution >= 4 is 0 Å². The second kappa shape index (κ2) is 5.41. The first kappa shape index (κ1) is 12.2. The van der Waals surface area contributed by atoms with Crippen molar-refractivity contribution in [2.75, 3.05) is 7.05 Å². The van der Waals surface area contributed by atoms with Crippen molar-refractivity contribution < 1.29 is 4.74 Å². The Labute approximate surface area is 113 Å². The molecule has 0 radical (unpaired) electrons. The molecule has 19 heavy (non-hydrogen) atoms. The lowest BCUT2D eigenvalue weighted by Crippen LogP contribution is -2.17. The Morgan fingerprint density at radius 2 is 1.68 bits per heavy atom. The molecule has 2 aromatic rings. The number of nitrogens with zero attached hydrogens (tertiary/aromatic N) is 1. The van der Waals surface area contributed by atoms with E-state index in [0.29, 0.717) is 6.10 Å². The fraction of sp³-hybridized carbons (Fsp3) is 0.312. The van der Waals surface area contributed by atoms with E-state index >= 15 is 0 Å². The molecule has 1 saturated carbocycles. The monoisotopic (exact) mass is 254 g/mol. The van der Waals surface area contributed by atoms with Gasteiger partial charge in [0.1, 0.15) is 5.75 Å². The lowest BCUT2D eigenvalue weighted by atomic mass is 10.00. The first-order valence-corrected chi connectivity index (χ1v) is 6.70. The molecule has 0 saturated heterocycles. The van der Waals surface area contributed by atoms with Crippen LogP contribution in [0.5, 0.6) is 5.75 Å². The van der Waals surface area contributed by atoms with Crippen molar-refractivity contribution in [1.82, 2.24) is 10.3 Å². The van der Waals surface area contributed by atoms with Crippen LogP contribution >= 0.6 is 0 Å². The summed E-state index contributed by atoms with van der Waals surface area (Å²) in [6, 6.07) is 12.6. The summed E-state index contributed by atoms with van der Waals surface area (Å²) in [5.74, 6) is 0.968. The van der Waals surface area contributed by atoms with Gasteiger partial charge in [-0.25, -0.2) is 0 Å². The fourth-order valence-electron chi connectivity index (χ4n) is 2.20. The molecule has 0 bridgehead atoms. The summed E-state index contributed by atoms with van der Waals surface area (Å²) in [4.78, 5) is 4.06. The Hall–Kier alpha value is -1.87. The third-order valence-corrected chi connectivity index (χ3v) is 3.37. The molecule has 0 spiro atoms. The number of hydrogen-bond acceptors (Lipinski definition) is 3. The highest BCUT2D eigenvalue weighted by Gasteiger charge is 2.23. The Bertz CT molecular complexity index is 520. The lowest BCUT2D eigenvalue weighted by molar-refractivity contribution is 0.303. The van der Waals surface area contributed by atoms with E-state index in [4.69, 9.17) is 4.74 Å². The highest BCUT2D eigenvalue weighted by Crippen LogP contribution is 2.28. The fourth-order valence-corrected chi connectivity index (χ4v) is 2.20. The van der Waals surface area contributed by atoms with E-state index in [0.717, 1.165) is 5.75 Å². The average molecular weight is 254 g/mol. The molecule has 98 valence electrons. The van der Waals surface area contributed by atoms with Gasteiger partial charge >= 0.3 is 0 Å². The van der Waals surface area contributed by atoms with Crippen LogP contribution in [0, 0.1) is 0 Å². The van der Waals surface area contributed by atoms with Crippen LogP contribution in [0.3, 0.4) is 0 Å². The van der Waals surface area contributed by atoms with Gasteiger partial charge in [-0.15, -0.1) is 0 Å². The van der Waals surface area contributed by atoms with Crippen molar-refractivity contribution in [2.24, 2.45) is 0 Å². The van der Waals surface area contributed by atoms with Crippen LogP contribution in [0.25, 0.3) is 0 Å². The van der Waals surface area contributed by atoms with Gasteiger partial charge in [0.05, 0.1) is 12.1 Å². The van der Waals surface area contributed by atoms with Crippen molar-refractivity contribution in [3.63, 3.8) is 0 Å². The van der Waals surface area contributed by atoms with E-state index < -0.39 is 0 Å². The van der Waals surface area contributed by atoms with Gasteiger partial charge in [-0.05, 0) is 55.3 Å². The molecular weight excluding hydrogens is 236 g/mol. The van der Waals surface area contributed by atoms with Gasteiger partial charge in [0.2, 0.25) is 0 Å². The molecule has 0 amide bonds. The molecular formula is C16H18N2O. The average Bonchev–Trinajstić information content (AvgIpc) is 3.27. The molecule has 3 nitrogen and oxygen atoms in total. The molecule has 3 rings (SSSR count). The zero-order valence-corrected chi connectivity index (χ0v) is 11.0. The molecule has 1 aromatic carbocycles. The van der Waals surface area contributed by atoms with Gasteiger partial charge in [-0.3, -0.25) is 4.98 Å². The first-order chi connectivity index (χ1) is 9.36. The van der Waals surface area contributed by atoms with Gasteiger partial charge in [-0.1, -0.05) is 12.1 Å².